The van der Waals surface area contributed by atoms with Gasteiger partial charge in [0.05, 0.1) is 12.1 Å². The number of thiazole rings is 1. The molecule has 6 heteroatoms. The lowest BCUT2D eigenvalue weighted by Crippen LogP contribution is -2.49. The van der Waals surface area contributed by atoms with E-state index in [1.54, 1.807) is 17.5 Å². The molecule has 27 heavy (non-hydrogen) atoms. The van der Waals surface area contributed by atoms with E-state index in [2.05, 4.69) is 39.1 Å². The van der Waals surface area contributed by atoms with Crippen molar-refractivity contribution in [1.29, 1.82) is 0 Å². The van der Waals surface area contributed by atoms with Crippen LogP contribution in [0.5, 0.6) is 0 Å². The quantitative estimate of drug-likeness (QED) is 0.698. The topological polar surface area (TPSA) is 49.3 Å². The summed E-state index contributed by atoms with van der Waals surface area (Å²) < 4.78 is 0. The van der Waals surface area contributed by atoms with Crippen LogP contribution in [0.15, 0.2) is 54.9 Å². The Balaban J connectivity index is 1.38. The number of carbonyl (C=O) groups is 1. The zero-order valence-electron chi connectivity index (χ0n) is 15.3. The summed E-state index contributed by atoms with van der Waals surface area (Å²) in [5.41, 5.74) is 3.17. The molecule has 0 aliphatic carbocycles. The predicted molar refractivity (Wildman–Crippen MR) is 109 cm³/mol. The summed E-state index contributed by atoms with van der Waals surface area (Å²) in [6.07, 6.45) is 3.99. The van der Waals surface area contributed by atoms with E-state index >= 15 is 0 Å². The number of hydrogen-bond donors (Lipinski definition) is 0. The van der Waals surface area contributed by atoms with E-state index < -0.39 is 0 Å². The highest BCUT2D eigenvalue weighted by atomic mass is 32.1. The third kappa shape index (κ3) is 4.01. The number of pyridine rings is 1. The van der Waals surface area contributed by atoms with Crippen LogP contribution in [0.4, 0.5) is 5.69 Å². The van der Waals surface area contributed by atoms with Crippen LogP contribution < -0.4 is 4.90 Å². The lowest BCUT2D eigenvalue weighted by atomic mass is 10.2. The monoisotopic (exact) mass is 378 g/mol. The number of carbonyl (C=O) groups excluding carboxylic acids is 1. The van der Waals surface area contributed by atoms with Crippen molar-refractivity contribution in [3.63, 3.8) is 0 Å². The summed E-state index contributed by atoms with van der Waals surface area (Å²) >= 11 is 1.59. The first kappa shape index (κ1) is 17.7. The van der Waals surface area contributed by atoms with Crippen molar-refractivity contribution >= 4 is 22.9 Å². The SMILES string of the molecule is Cc1nc(-c2cccnc2)sc1CC(=O)N1CCN(c2ccccc2)CC1. The van der Waals surface area contributed by atoms with Crippen molar-refractivity contribution < 1.29 is 4.79 Å². The van der Waals surface area contributed by atoms with Crippen molar-refractivity contribution in [1.82, 2.24) is 14.9 Å². The smallest absolute Gasteiger partial charge is 0.228 e. The summed E-state index contributed by atoms with van der Waals surface area (Å²) in [4.78, 5) is 26.9. The molecule has 5 nitrogen and oxygen atoms in total. The molecular formula is C21H22N4OS. The minimum absolute atomic E-state index is 0.187. The molecular weight excluding hydrogens is 356 g/mol. The molecule has 1 amide bonds. The Morgan fingerprint density at radius 1 is 1.07 bits per heavy atom. The van der Waals surface area contributed by atoms with Gasteiger partial charge in [0.2, 0.25) is 5.91 Å². The number of benzene rings is 1. The van der Waals surface area contributed by atoms with Crippen LogP contribution in [0, 0.1) is 6.92 Å². The number of nitrogens with zero attached hydrogens (tertiary/aromatic N) is 4. The van der Waals surface area contributed by atoms with Gasteiger partial charge in [-0.25, -0.2) is 4.98 Å². The first-order valence-electron chi connectivity index (χ1n) is 9.15. The molecule has 0 bridgehead atoms. The number of hydrogen-bond acceptors (Lipinski definition) is 5. The molecule has 0 unspecified atom stereocenters. The second-order valence-electron chi connectivity index (χ2n) is 6.65. The van der Waals surface area contributed by atoms with Crippen molar-refractivity contribution in [3.05, 3.63) is 65.4 Å². The van der Waals surface area contributed by atoms with Gasteiger partial charge in [0.1, 0.15) is 5.01 Å². The zero-order valence-corrected chi connectivity index (χ0v) is 16.2. The number of rotatable bonds is 4. The predicted octanol–water partition coefficient (Wildman–Crippen LogP) is 3.40. The van der Waals surface area contributed by atoms with Gasteiger partial charge in [0.25, 0.3) is 0 Å². The number of piperazine rings is 1. The van der Waals surface area contributed by atoms with E-state index in [4.69, 9.17) is 0 Å². The molecule has 1 fully saturated rings. The second-order valence-corrected chi connectivity index (χ2v) is 7.73. The maximum atomic E-state index is 12.8. The highest BCUT2D eigenvalue weighted by Gasteiger charge is 2.23. The summed E-state index contributed by atoms with van der Waals surface area (Å²) in [5, 5.41) is 0.928. The lowest BCUT2D eigenvalue weighted by Gasteiger charge is -2.36. The number of amides is 1. The number of anilines is 1. The Kier molecular flexibility index (Phi) is 5.16. The first-order valence-corrected chi connectivity index (χ1v) is 9.97. The van der Waals surface area contributed by atoms with Crippen molar-refractivity contribution in [2.75, 3.05) is 31.1 Å². The number of para-hydroxylation sites is 1. The van der Waals surface area contributed by atoms with Gasteiger partial charge in [-0.05, 0) is 31.2 Å². The maximum absolute atomic E-state index is 12.8. The normalized spacial score (nSPS) is 14.4. The lowest BCUT2D eigenvalue weighted by molar-refractivity contribution is -0.130. The van der Waals surface area contributed by atoms with Gasteiger partial charge in [-0.15, -0.1) is 11.3 Å². The molecule has 3 aromatic rings. The average molecular weight is 379 g/mol. The molecule has 138 valence electrons. The molecule has 3 heterocycles. The van der Waals surface area contributed by atoms with E-state index in [-0.39, 0.29) is 5.91 Å². The summed E-state index contributed by atoms with van der Waals surface area (Å²) in [6, 6.07) is 14.3. The molecule has 2 aromatic heterocycles. The van der Waals surface area contributed by atoms with Crippen LogP contribution in [0.1, 0.15) is 10.6 Å². The van der Waals surface area contributed by atoms with Gasteiger partial charge in [0, 0.05) is 54.7 Å². The minimum atomic E-state index is 0.187. The first-order chi connectivity index (χ1) is 13.2. The number of aryl methyl sites for hydroxylation is 1. The van der Waals surface area contributed by atoms with Crippen LogP contribution in [-0.4, -0.2) is 47.0 Å². The van der Waals surface area contributed by atoms with E-state index in [9.17, 15) is 4.79 Å². The van der Waals surface area contributed by atoms with Gasteiger partial charge in [-0.2, -0.15) is 0 Å². The molecule has 0 atom stereocenters. The molecule has 0 saturated carbocycles. The molecule has 0 radical (unpaired) electrons. The third-order valence-electron chi connectivity index (χ3n) is 4.87. The Bertz CT molecular complexity index is 902. The fourth-order valence-corrected chi connectivity index (χ4v) is 4.35. The van der Waals surface area contributed by atoms with Crippen molar-refractivity contribution in [2.45, 2.75) is 13.3 Å². The molecule has 0 N–H and O–H groups in total. The summed E-state index contributed by atoms with van der Waals surface area (Å²) in [6.45, 7) is 5.26. The van der Waals surface area contributed by atoms with Gasteiger partial charge in [-0.1, -0.05) is 18.2 Å². The van der Waals surface area contributed by atoms with E-state index in [1.165, 1.54) is 5.69 Å². The maximum Gasteiger partial charge on any atom is 0.228 e. The van der Waals surface area contributed by atoms with E-state index in [0.29, 0.717) is 6.42 Å². The average Bonchev–Trinajstić information content (AvgIpc) is 3.10. The highest BCUT2D eigenvalue weighted by Crippen LogP contribution is 2.28. The van der Waals surface area contributed by atoms with Crippen LogP contribution in [0.3, 0.4) is 0 Å². The second kappa shape index (κ2) is 7.88. The van der Waals surface area contributed by atoms with Crippen molar-refractivity contribution in [3.8, 4) is 10.6 Å². The fraction of sp³-hybridized carbons (Fsp3) is 0.286. The summed E-state index contributed by atoms with van der Waals surface area (Å²) in [7, 11) is 0. The van der Waals surface area contributed by atoms with Crippen molar-refractivity contribution in [2.24, 2.45) is 0 Å². The van der Waals surface area contributed by atoms with E-state index in [1.807, 2.05) is 36.2 Å². The van der Waals surface area contributed by atoms with Crippen LogP contribution in [0.2, 0.25) is 0 Å². The molecule has 4 rings (SSSR count). The standard InChI is InChI=1S/C21H22N4OS/c1-16-19(27-21(23-16)17-6-5-9-22-15-17)14-20(26)25-12-10-24(11-13-25)18-7-3-2-4-8-18/h2-9,15H,10-14H2,1H3. The van der Waals surface area contributed by atoms with Crippen LogP contribution in [-0.2, 0) is 11.2 Å². The Hall–Kier alpha value is -2.73. The van der Waals surface area contributed by atoms with Gasteiger partial charge in [0.15, 0.2) is 0 Å². The zero-order chi connectivity index (χ0) is 18.6. The molecule has 1 aliphatic heterocycles. The molecule has 1 saturated heterocycles. The van der Waals surface area contributed by atoms with Gasteiger partial charge < -0.3 is 9.80 Å². The van der Waals surface area contributed by atoms with Crippen LogP contribution in [0.25, 0.3) is 10.6 Å². The largest absolute Gasteiger partial charge is 0.368 e. The highest BCUT2D eigenvalue weighted by molar-refractivity contribution is 7.15. The number of aromatic nitrogens is 2. The minimum Gasteiger partial charge on any atom is -0.368 e. The Morgan fingerprint density at radius 3 is 2.56 bits per heavy atom. The Morgan fingerprint density at radius 2 is 1.85 bits per heavy atom. The van der Waals surface area contributed by atoms with Crippen LogP contribution >= 0.6 is 11.3 Å². The third-order valence-corrected chi connectivity index (χ3v) is 6.07. The molecule has 1 aromatic carbocycles. The molecule has 1 aliphatic rings. The fourth-order valence-electron chi connectivity index (χ4n) is 3.31. The Labute approximate surface area is 163 Å². The van der Waals surface area contributed by atoms with Gasteiger partial charge in [-0.3, -0.25) is 9.78 Å². The van der Waals surface area contributed by atoms with E-state index in [0.717, 1.165) is 47.3 Å². The van der Waals surface area contributed by atoms with Gasteiger partial charge >= 0.3 is 0 Å². The summed E-state index contributed by atoms with van der Waals surface area (Å²) in [5.74, 6) is 0.187. The molecule has 0 spiro atoms.